The smallest absolute Gasteiger partial charge is 0.279 e. The molecule has 2 aromatic rings. The van der Waals surface area contributed by atoms with Gasteiger partial charge >= 0.3 is 0 Å². The molecule has 2 amide bonds. The number of amidine groups is 1. The van der Waals surface area contributed by atoms with Crippen molar-refractivity contribution in [2.24, 2.45) is 4.99 Å². The number of halogens is 1. The molecule has 2 N–H and O–H groups in total. The Hall–Kier alpha value is -2.58. The van der Waals surface area contributed by atoms with Crippen LogP contribution in [0.2, 0.25) is 0 Å². The van der Waals surface area contributed by atoms with Gasteiger partial charge in [0.25, 0.3) is 11.8 Å². The van der Waals surface area contributed by atoms with Gasteiger partial charge in [0.1, 0.15) is 0 Å². The van der Waals surface area contributed by atoms with Crippen molar-refractivity contribution in [2.75, 3.05) is 7.11 Å². The number of rotatable bonds is 3. The summed E-state index contributed by atoms with van der Waals surface area (Å²) in [6, 6.07) is 11.9. The van der Waals surface area contributed by atoms with Crippen LogP contribution in [0.15, 0.2) is 56.8 Å². The number of nitrogens with one attached hydrogen (secondary N) is 1. The molecular formula is C18H13BrN2O4S. The molecular weight excluding hydrogens is 420 g/mol. The fourth-order valence-corrected chi connectivity index (χ4v) is 3.48. The van der Waals surface area contributed by atoms with E-state index in [1.165, 1.54) is 7.11 Å². The molecule has 1 saturated heterocycles. The maximum atomic E-state index is 12.1. The molecule has 1 fully saturated rings. The molecule has 0 radical (unpaired) electrons. The van der Waals surface area contributed by atoms with Gasteiger partial charge < -0.3 is 15.2 Å². The lowest BCUT2D eigenvalue weighted by atomic mass is 10.2. The first-order valence-electron chi connectivity index (χ1n) is 7.43. The summed E-state index contributed by atoms with van der Waals surface area (Å²) in [7, 11) is 1.44. The summed E-state index contributed by atoms with van der Waals surface area (Å²) in [6.45, 7) is 0. The molecule has 0 atom stereocenters. The topological polar surface area (TPSA) is 88.0 Å². The summed E-state index contributed by atoms with van der Waals surface area (Å²) in [5.74, 6) is -0.516. The third-order valence-corrected chi connectivity index (χ3v) is 4.96. The lowest BCUT2D eigenvalue weighted by molar-refractivity contribution is -0.115. The van der Waals surface area contributed by atoms with E-state index in [0.29, 0.717) is 20.5 Å². The minimum absolute atomic E-state index is 0.0196. The first-order valence-corrected chi connectivity index (χ1v) is 9.04. The predicted octanol–water partition coefficient (Wildman–Crippen LogP) is 3.56. The van der Waals surface area contributed by atoms with Crippen molar-refractivity contribution in [1.29, 1.82) is 0 Å². The van der Waals surface area contributed by atoms with Crippen molar-refractivity contribution in [2.45, 2.75) is 0 Å². The monoisotopic (exact) mass is 432 g/mol. The van der Waals surface area contributed by atoms with Crippen LogP contribution < -0.4 is 10.1 Å². The van der Waals surface area contributed by atoms with Crippen LogP contribution in [0, 0.1) is 0 Å². The second kappa shape index (κ2) is 7.76. The Kier molecular flexibility index (Phi) is 5.43. The van der Waals surface area contributed by atoms with E-state index in [1.807, 2.05) is 0 Å². The average Bonchev–Trinajstić information content (AvgIpc) is 2.97. The van der Waals surface area contributed by atoms with Crippen molar-refractivity contribution in [3.05, 3.63) is 63.0 Å². The number of thioether (sulfide) groups is 1. The average molecular weight is 433 g/mol. The predicted molar refractivity (Wildman–Crippen MR) is 104 cm³/mol. The van der Waals surface area contributed by atoms with Gasteiger partial charge in [-0.05, 0) is 63.6 Å². The highest BCUT2D eigenvalue weighted by atomic mass is 79.9. The molecule has 3 rings (SSSR count). The Morgan fingerprint density at radius 2 is 2.04 bits per heavy atom. The number of aromatic hydroxyl groups is 1. The summed E-state index contributed by atoms with van der Waals surface area (Å²) in [5.41, 5.74) is 1.10. The number of nitrogens with zero attached hydrogens (tertiary/aromatic N) is 1. The fraction of sp³-hybridized carbons (Fsp3) is 0.0556. The highest BCUT2D eigenvalue weighted by molar-refractivity contribution is 9.10. The summed E-state index contributed by atoms with van der Waals surface area (Å²) >= 11 is 4.31. The number of methoxy groups -OCH3 is 1. The van der Waals surface area contributed by atoms with Crippen molar-refractivity contribution in [3.63, 3.8) is 0 Å². The quantitative estimate of drug-likeness (QED) is 0.723. The van der Waals surface area contributed by atoms with Gasteiger partial charge in [-0.3, -0.25) is 9.59 Å². The number of phenols is 1. The molecule has 26 heavy (non-hydrogen) atoms. The minimum Gasteiger partial charge on any atom is -0.503 e. The summed E-state index contributed by atoms with van der Waals surface area (Å²) in [6.07, 6.45) is 1.63. The Bertz CT molecular complexity index is 942. The minimum atomic E-state index is -0.427. The molecule has 0 saturated carbocycles. The van der Waals surface area contributed by atoms with Gasteiger partial charge in [-0.25, -0.2) is 0 Å². The number of hydrogen-bond donors (Lipinski definition) is 2. The number of carbonyl (C=O) groups excluding carboxylic acids is 2. The summed E-state index contributed by atoms with van der Waals surface area (Å²) < 4.78 is 5.54. The number of ether oxygens (including phenoxy) is 1. The lowest BCUT2D eigenvalue weighted by Crippen LogP contribution is -2.20. The van der Waals surface area contributed by atoms with Gasteiger partial charge in [0, 0.05) is 5.56 Å². The molecule has 1 aliphatic heterocycles. The molecule has 0 spiro atoms. The van der Waals surface area contributed by atoms with Crippen LogP contribution >= 0.6 is 27.7 Å². The van der Waals surface area contributed by atoms with E-state index >= 15 is 0 Å². The zero-order valence-corrected chi connectivity index (χ0v) is 15.9. The van der Waals surface area contributed by atoms with Crippen LogP contribution in [0.3, 0.4) is 0 Å². The van der Waals surface area contributed by atoms with Crippen LogP contribution in [0.1, 0.15) is 15.9 Å². The Labute approximate surface area is 162 Å². The molecule has 0 aromatic heterocycles. The zero-order chi connectivity index (χ0) is 18.7. The first-order chi connectivity index (χ1) is 12.5. The number of carbonyl (C=O) groups is 2. The third-order valence-electron chi connectivity index (χ3n) is 3.44. The number of phenolic OH excluding ortho intramolecular Hbond substituents is 1. The van der Waals surface area contributed by atoms with Crippen LogP contribution in [0.25, 0.3) is 6.08 Å². The van der Waals surface area contributed by atoms with E-state index in [-0.39, 0.29) is 22.6 Å². The molecule has 2 aromatic carbocycles. The molecule has 0 aliphatic carbocycles. The highest BCUT2D eigenvalue weighted by Gasteiger charge is 2.25. The number of aliphatic imine (C=N–C) groups is 1. The third kappa shape index (κ3) is 3.97. The Balaban J connectivity index is 1.84. The second-order valence-electron chi connectivity index (χ2n) is 5.21. The van der Waals surface area contributed by atoms with E-state index in [0.717, 1.165) is 11.8 Å². The molecule has 132 valence electrons. The van der Waals surface area contributed by atoms with Crippen molar-refractivity contribution < 1.29 is 19.4 Å². The maximum Gasteiger partial charge on any atom is 0.279 e. The van der Waals surface area contributed by atoms with Gasteiger partial charge in [-0.1, -0.05) is 18.2 Å². The van der Waals surface area contributed by atoms with E-state index in [9.17, 15) is 14.7 Å². The molecule has 8 heteroatoms. The van der Waals surface area contributed by atoms with Gasteiger partial charge in [0.15, 0.2) is 16.7 Å². The molecule has 0 bridgehead atoms. The Morgan fingerprint density at radius 1 is 1.31 bits per heavy atom. The fourth-order valence-electron chi connectivity index (χ4n) is 2.20. The molecule has 1 heterocycles. The largest absolute Gasteiger partial charge is 0.503 e. The van der Waals surface area contributed by atoms with Crippen LogP contribution in [-0.2, 0) is 4.79 Å². The van der Waals surface area contributed by atoms with Crippen LogP contribution in [0.5, 0.6) is 11.5 Å². The Morgan fingerprint density at radius 3 is 2.73 bits per heavy atom. The highest BCUT2D eigenvalue weighted by Crippen LogP contribution is 2.36. The van der Waals surface area contributed by atoms with Gasteiger partial charge in [0.2, 0.25) is 0 Å². The van der Waals surface area contributed by atoms with Gasteiger partial charge in [0.05, 0.1) is 16.5 Å². The van der Waals surface area contributed by atoms with Gasteiger partial charge in [-0.15, -0.1) is 0 Å². The molecule has 0 unspecified atom stereocenters. The second-order valence-corrected chi connectivity index (χ2v) is 7.09. The van der Waals surface area contributed by atoms with Crippen molar-refractivity contribution in [3.8, 4) is 11.5 Å². The number of amides is 2. The normalized spacial score (nSPS) is 16.8. The van der Waals surface area contributed by atoms with Crippen LogP contribution in [-0.4, -0.2) is 29.2 Å². The van der Waals surface area contributed by atoms with E-state index in [2.05, 4.69) is 26.2 Å². The van der Waals surface area contributed by atoms with Crippen LogP contribution in [0.4, 0.5) is 0 Å². The number of hydrogen-bond acceptors (Lipinski definition) is 5. The zero-order valence-electron chi connectivity index (χ0n) is 13.5. The maximum absolute atomic E-state index is 12.1. The SMILES string of the molecule is COc1cc(/C=C2\SC(=NC(=O)c3ccccc3)NC2=O)cc(Br)c1O. The van der Waals surface area contributed by atoms with Gasteiger partial charge in [-0.2, -0.15) is 4.99 Å². The van der Waals surface area contributed by atoms with Crippen molar-refractivity contribution in [1.82, 2.24) is 5.32 Å². The van der Waals surface area contributed by atoms with E-state index in [4.69, 9.17) is 4.74 Å². The molecule has 6 nitrogen and oxygen atoms in total. The molecule has 1 aliphatic rings. The summed E-state index contributed by atoms with van der Waals surface area (Å²) in [4.78, 5) is 28.6. The summed E-state index contributed by atoms with van der Waals surface area (Å²) in [5, 5.41) is 12.6. The van der Waals surface area contributed by atoms with Crippen molar-refractivity contribution >= 4 is 50.7 Å². The first kappa shape index (κ1) is 18.2. The van der Waals surface area contributed by atoms with E-state index < -0.39 is 5.91 Å². The lowest BCUT2D eigenvalue weighted by Gasteiger charge is -2.06. The van der Waals surface area contributed by atoms with E-state index in [1.54, 1.807) is 48.5 Å². The number of benzene rings is 2. The standard InChI is InChI=1S/C18H13BrN2O4S/c1-25-13-8-10(7-12(19)15(13)22)9-14-17(24)21-18(26-14)20-16(23)11-5-3-2-4-6-11/h2-9,22H,1H3,(H,20,21,23,24)/b14-9-.